The number of benzene rings is 4. The van der Waals surface area contributed by atoms with E-state index in [9.17, 15) is 22.4 Å². The molecule has 2 fully saturated rings. The van der Waals surface area contributed by atoms with Crippen molar-refractivity contribution in [3.63, 3.8) is 0 Å². The lowest BCUT2D eigenvalue weighted by molar-refractivity contribution is -0.147. The summed E-state index contributed by atoms with van der Waals surface area (Å²) < 4.78 is 81.4. The number of halogens is 4. The highest BCUT2D eigenvalue weighted by Crippen LogP contribution is 2.40. The first-order valence-electron chi connectivity index (χ1n) is 18.9. The van der Waals surface area contributed by atoms with Gasteiger partial charge in [0.1, 0.15) is 35.2 Å². The second-order valence-corrected chi connectivity index (χ2v) is 15.5. The van der Waals surface area contributed by atoms with E-state index in [1.807, 2.05) is 50.2 Å². The average Bonchev–Trinajstić information content (AvgIpc) is 3.97. The molecule has 0 spiro atoms. The molecular weight excluding hydrogens is 744 g/mol. The Morgan fingerprint density at radius 2 is 1.39 bits per heavy atom. The molecule has 4 aromatic carbocycles. The summed E-state index contributed by atoms with van der Waals surface area (Å²) in [5.41, 5.74) is 7.33. The molecule has 1 atom stereocenters. The molecule has 2 aromatic heterocycles. The summed E-state index contributed by atoms with van der Waals surface area (Å²) in [6, 6.07) is 17.2. The molecule has 0 saturated carbocycles. The van der Waals surface area contributed by atoms with Crippen molar-refractivity contribution in [3.8, 4) is 45.5 Å². The summed E-state index contributed by atoms with van der Waals surface area (Å²) in [5.74, 6) is 0.0339. The van der Waals surface area contributed by atoms with Crippen LogP contribution in [0, 0.1) is 19.3 Å². The van der Waals surface area contributed by atoms with Gasteiger partial charge < -0.3 is 28.4 Å². The van der Waals surface area contributed by atoms with Crippen molar-refractivity contribution >= 4 is 28.2 Å². The fourth-order valence-electron chi connectivity index (χ4n) is 7.93. The zero-order valence-electron chi connectivity index (χ0n) is 32.0. The van der Waals surface area contributed by atoms with Crippen LogP contribution in [-0.4, -0.2) is 59.7 Å². The number of rotatable bonds is 12. The van der Waals surface area contributed by atoms with Gasteiger partial charge >= 0.3 is 19.2 Å². The molecule has 1 N–H and O–H groups in total. The van der Waals surface area contributed by atoms with Gasteiger partial charge in [0, 0.05) is 47.5 Å². The molecule has 0 unspecified atom stereocenters. The minimum atomic E-state index is -3.11. The number of hydrogen-bond donors (Lipinski definition) is 1. The highest BCUT2D eigenvalue weighted by atomic mass is 19.3. The highest BCUT2D eigenvalue weighted by molar-refractivity contribution is 5.85. The van der Waals surface area contributed by atoms with Gasteiger partial charge in [-0.15, -0.1) is 0 Å². The smallest absolute Gasteiger partial charge is 0.387 e. The van der Waals surface area contributed by atoms with E-state index in [2.05, 4.69) is 24.1 Å². The number of likely N-dealkylation sites (tertiary alicyclic amines) is 1. The number of carbonyl (C=O) groups excluding carboxylic acids is 1. The van der Waals surface area contributed by atoms with Crippen LogP contribution < -0.4 is 14.8 Å². The van der Waals surface area contributed by atoms with Gasteiger partial charge in [-0.3, -0.25) is 9.69 Å². The van der Waals surface area contributed by atoms with Gasteiger partial charge in [-0.2, -0.15) is 17.6 Å². The second kappa shape index (κ2) is 15.5. The van der Waals surface area contributed by atoms with E-state index in [0.29, 0.717) is 53.1 Å². The maximum Gasteiger partial charge on any atom is 0.387 e. The van der Waals surface area contributed by atoms with Crippen LogP contribution in [-0.2, 0) is 22.7 Å². The second-order valence-electron chi connectivity index (χ2n) is 15.5. The molecule has 0 amide bonds. The van der Waals surface area contributed by atoms with Crippen molar-refractivity contribution in [2.75, 3.05) is 19.6 Å². The summed E-state index contributed by atoms with van der Waals surface area (Å²) in [5, 5.41) is 3.07. The molecule has 2 saturated heterocycles. The third kappa shape index (κ3) is 8.06. The maximum absolute atomic E-state index is 13.5. The lowest BCUT2D eigenvalue weighted by Gasteiger charge is -2.21. The van der Waals surface area contributed by atoms with Crippen molar-refractivity contribution in [2.45, 2.75) is 79.4 Å². The van der Waals surface area contributed by atoms with E-state index < -0.39 is 25.2 Å². The van der Waals surface area contributed by atoms with Gasteiger partial charge in [-0.1, -0.05) is 38.1 Å². The van der Waals surface area contributed by atoms with Gasteiger partial charge in [0.15, 0.2) is 11.2 Å². The number of nitrogens with one attached hydrogen (secondary N) is 1. The molecule has 8 rings (SSSR count). The molecule has 2 aliphatic rings. The quantitative estimate of drug-likeness (QED) is 0.0951. The number of alkyl halides is 4. The van der Waals surface area contributed by atoms with E-state index in [0.717, 1.165) is 53.7 Å². The standard InChI is InChI=1S/C43H42F4N4O6/c1-23-27(8-5-10-29(23)38-49-32-16-25(20-51-15-13-43(3,4)22-51)34(56-41(44)45)18-36(32)54-38)28-9-6-11-30(24(28)2)39-50-33-17-26(21-53-40(52)31-12-7-14-48-31)35(57-42(46)47)19-37(33)55-39/h5-6,8-11,16-19,31,41-42,48H,7,12-15,20-22H2,1-4H3/t31-/m0/s1. The van der Waals surface area contributed by atoms with E-state index in [4.69, 9.17) is 33.0 Å². The first-order chi connectivity index (χ1) is 27.3. The largest absolute Gasteiger partial charge is 0.460 e. The van der Waals surface area contributed by atoms with Crippen LogP contribution in [0.5, 0.6) is 11.5 Å². The van der Waals surface area contributed by atoms with Gasteiger partial charge in [-0.25, -0.2) is 9.97 Å². The highest BCUT2D eigenvalue weighted by Gasteiger charge is 2.30. The predicted molar refractivity (Wildman–Crippen MR) is 205 cm³/mol. The van der Waals surface area contributed by atoms with Crippen molar-refractivity contribution < 1.29 is 45.4 Å². The molecule has 10 nitrogen and oxygen atoms in total. The molecule has 0 aliphatic carbocycles. The Bertz CT molecular complexity index is 2460. The van der Waals surface area contributed by atoms with Crippen molar-refractivity contribution in [3.05, 3.63) is 82.9 Å². The molecule has 0 radical (unpaired) electrons. The van der Waals surface area contributed by atoms with Crippen LogP contribution in [0.15, 0.2) is 69.5 Å². The summed E-state index contributed by atoms with van der Waals surface area (Å²) in [6.07, 6.45) is 2.51. The van der Waals surface area contributed by atoms with Crippen LogP contribution in [0.2, 0.25) is 0 Å². The van der Waals surface area contributed by atoms with Gasteiger partial charge in [0.05, 0.1) is 0 Å². The number of oxazole rings is 2. The fraction of sp³-hybridized carbons (Fsp3) is 0.372. The zero-order chi connectivity index (χ0) is 40.0. The average molecular weight is 787 g/mol. The summed E-state index contributed by atoms with van der Waals surface area (Å²) in [6.45, 7) is 4.78. The molecule has 57 heavy (non-hydrogen) atoms. The third-order valence-corrected chi connectivity index (χ3v) is 10.9. The Balaban J connectivity index is 1.10. The van der Waals surface area contributed by atoms with Gasteiger partial charge in [0.25, 0.3) is 0 Å². The predicted octanol–water partition coefficient (Wildman–Crippen LogP) is 9.82. The Kier molecular flexibility index (Phi) is 10.4. The molecule has 298 valence electrons. The van der Waals surface area contributed by atoms with E-state index in [1.54, 1.807) is 6.07 Å². The fourth-order valence-corrected chi connectivity index (χ4v) is 7.93. The topological polar surface area (TPSA) is 112 Å². The number of hydrogen-bond acceptors (Lipinski definition) is 10. The maximum atomic E-state index is 13.5. The number of nitrogens with zero attached hydrogens (tertiary/aromatic N) is 3. The number of fused-ring (bicyclic) bond motifs is 2. The van der Waals surface area contributed by atoms with Crippen LogP contribution in [0.25, 0.3) is 56.2 Å². The Hall–Kier alpha value is -5.47. The Morgan fingerprint density at radius 1 is 0.842 bits per heavy atom. The van der Waals surface area contributed by atoms with E-state index >= 15 is 0 Å². The van der Waals surface area contributed by atoms with Crippen molar-refractivity contribution in [1.29, 1.82) is 0 Å². The first kappa shape index (κ1) is 38.4. The summed E-state index contributed by atoms with van der Waals surface area (Å²) >= 11 is 0. The Morgan fingerprint density at radius 3 is 1.89 bits per heavy atom. The summed E-state index contributed by atoms with van der Waals surface area (Å²) in [4.78, 5) is 24.3. The van der Waals surface area contributed by atoms with E-state index in [-0.39, 0.29) is 40.6 Å². The molecular formula is C43H42F4N4O6. The minimum Gasteiger partial charge on any atom is -0.460 e. The van der Waals surface area contributed by atoms with Crippen LogP contribution in [0.4, 0.5) is 17.6 Å². The van der Waals surface area contributed by atoms with Crippen LogP contribution in [0.1, 0.15) is 55.4 Å². The molecule has 14 heteroatoms. The van der Waals surface area contributed by atoms with Crippen molar-refractivity contribution in [1.82, 2.24) is 20.2 Å². The number of esters is 1. The lowest BCUT2D eigenvalue weighted by Crippen LogP contribution is -2.32. The SMILES string of the molecule is Cc1c(-c2nc3cc(COC(=O)[C@@H]4CCCN4)c(OC(F)F)cc3o2)cccc1-c1cccc(-c2nc3cc(CN4CCC(C)(C)C4)c(OC(F)F)cc3o2)c1C. The van der Waals surface area contributed by atoms with E-state index in [1.165, 1.54) is 18.2 Å². The third-order valence-electron chi connectivity index (χ3n) is 10.9. The van der Waals surface area contributed by atoms with Crippen LogP contribution in [0.3, 0.4) is 0 Å². The molecule has 0 bridgehead atoms. The lowest BCUT2D eigenvalue weighted by atomic mass is 9.91. The Labute approximate surface area is 326 Å². The van der Waals surface area contributed by atoms with Crippen LogP contribution >= 0.6 is 0 Å². The monoisotopic (exact) mass is 786 g/mol. The number of ether oxygens (including phenoxy) is 3. The zero-order valence-corrected chi connectivity index (χ0v) is 32.0. The normalized spacial score (nSPS) is 17.1. The van der Waals surface area contributed by atoms with Gasteiger partial charge in [0.2, 0.25) is 11.8 Å². The molecule has 2 aliphatic heterocycles. The number of aromatic nitrogens is 2. The molecule has 6 aromatic rings. The first-order valence-corrected chi connectivity index (χ1v) is 18.9. The minimum absolute atomic E-state index is 0.0660. The molecule has 4 heterocycles. The van der Waals surface area contributed by atoms with Crippen molar-refractivity contribution in [2.24, 2.45) is 5.41 Å². The number of carbonyl (C=O) groups is 1. The summed E-state index contributed by atoms with van der Waals surface area (Å²) in [7, 11) is 0. The van der Waals surface area contributed by atoms with Gasteiger partial charge in [-0.05, 0) is 98.1 Å².